The van der Waals surface area contributed by atoms with E-state index < -0.39 is 6.10 Å². The average molecular weight is 348 g/mol. The van der Waals surface area contributed by atoms with Crippen LogP contribution in [0.5, 0.6) is 0 Å². The molecule has 0 saturated carbocycles. The molecule has 0 aliphatic rings. The molecule has 6 nitrogen and oxygen atoms in total. The van der Waals surface area contributed by atoms with Crippen molar-refractivity contribution in [3.05, 3.63) is 76.6 Å². The third-order valence-corrected chi connectivity index (χ3v) is 4.46. The van der Waals surface area contributed by atoms with E-state index >= 15 is 0 Å². The van der Waals surface area contributed by atoms with Crippen molar-refractivity contribution in [2.45, 2.75) is 26.0 Å². The molecule has 6 heteroatoms. The molecule has 0 fully saturated rings. The van der Waals surface area contributed by atoms with Crippen molar-refractivity contribution < 1.29 is 5.11 Å². The van der Waals surface area contributed by atoms with Gasteiger partial charge in [-0.2, -0.15) is 0 Å². The molecule has 0 radical (unpaired) electrons. The molecule has 1 atom stereocenters. The van der Waals surface area contributed by atoms with Crippen LogP contribution in [-0.4, -0.2) is 30.7 Å². The van der Waals surface area contributed by atoms with Gasteiger partial charge in [0, 0.05) is 17.7 Å². The molecule has 26 heavy (non-hydrogen) atoms. The van der Waals surface area contributed by atoms with Crippen molar-refractivity contribution in [3.63, 3.8) is 0 Å². The van der Waals surface area contributed by atoms with Gasteiger partial charge in [0.1, 0.15) is 0 Å². The van der Waals surface area contributed by atoms with E-state index in [9.17, 15) is 9.90 Å². The SMILES string of the molecule is CC(O)Cc1c(-c2ccccc2)ncn1Cc1cccc2[nH]c(=O)[nH]c12. The van der Waals surface area contributed by atoms with Gasteiger partial charge in [-0.1, -0.05) is 42.5 Å². The van der Waals surface area contributed by atoms with E-state index in [2.05, 4.69) is 15.0 Å². The van der Waals surface area contributed by atoms with E-state index in [1.807, 2.05) is 53.1 Å². The monoisotopic (exact) mass is 348 g/mol. The Morgan fingerprint density at radius 3 is 2.69 bits per heavy atom. The van der Waals surface area contributed by atoms with Crippen molar-refractivity contribution >= 4 is 11.0 Å². The Labute approximate surface area is 150 Å². The molecular formula is C20H20N4O2. The van der Waals surface area contributed by atoms with Gasteiger partial charge in [-0.15, -0.1) is 0 Å². The fourth-order valence-corrected chi connectivity index (χ4v) is 3.31. The Kier molecular flexibility index (Phi) is 4.18. The predicted octanol–water partition coefficient (Wildman–Crippen LogP) is 2.69. The standard InChI is InChI=1S/C20H20N4O2/c1-13(25)10-17-19(14-6-3-2-4-7-14)21-12-24(17)11-15-8-5-9-16-18(15)23-20(26)22-16/h2-9,12-13,25H,10-11H2,1H3,(H2,22,23,26). The van der Waals surface area contributed by atoms with Crippen LogP contribution in [0.3, 0.4) is 0 Å². The number of hydrogen-bond donors (Lipinski definition) is 3. The first-order chi connectivity index (χ1) is 12.6. The molecule has 0 aliphatic heterocycles. The molecule has 4 rings (SSSR count). The molecule has 0 saturated heterocycles. The zero-order valence-corrected chi connectivity index (χ0v) is 14.4. The van der Waals surface area contributed by atoms with Crippen LogP contribution in [0.15, 0.2) is 59.7 Å². The van der Waals surface area contributed by atoms with Gasteiger partial charge in [-0.3, -0.25) is 0 Å². The fraction of sp³-hybridized carbons (Fsp3) is 0.200. The molecular weight excluding hydrogens is 328 g/mol. The average Bonchev–Trinajstić information content (AvgIpc) is 3.19. The maximum Gasteiger partial charge on any atom is 0.323 e. The van der Waals surface area contributed by atoms with Crippen molar-refractivity contribution in [1.29, 1.82) is 0 Å². The minimum absolute atomic E-state index is 0.216. The Bertz CT molecular complexity index is 1090. The molecule has 0 spiro atoms. The predicted molar refractivity (Wildman–Crippen MR) is 101 cm³/mol. The summed E-state index contributed by atoms with van der Waals surface area (Å²) in [6.07, 6.45) is 1.82. The minimum atomic E-state index is -0.476. The van der Waals surface area contributed by atoms with Crippen LogP contribution in [0, 0.1) is 0 Å². The van der Waals surface area contributed by atoms with Crippen LogP contribution < -0.4 is 5.69 Å². The molecule has 0 bridgehead atoms. The first-order valence-corrected chi connectivity index (χ1v) is 8.59. The lowest BCUT2D eigenvalue weighted by Crippen LogP contribution is -2.12. The van der Waals surface area contributed by atoms with Gasteiger partial charge in [-0.05, 0) is 18.6 Å². The molecule has 4 aromatic rings. The third-order valence-electron chi connectivity index (χ3n) is 4.46. The number of aromatic amines is 2. The summed E-state index contributed by atoms with van der Waals surface area (Å²) in [5, 5.41) is 9.97. The van der Waals surface area contributed by atoms with E-state index in [4.69, 9.17) is 0 Å². The van der Waals surface area contributed by atoms with Crippen molar-refractivity contribution in [2.75, 3.05) is 0 Å². The van der Waals surface area contributed by atoms with E-state index in [1.165, 1.54) is 0 Å². The lowest BCUT2D eigenvalue weighted by molar-refractivity contribution is 0.193. The van der Waals surface area contributed by atoms with Crippen LogP contribution in [0.2, 0.25) is 0 Å². The number of H-pyrrole nitrogens is 2. The normalized spacial score (nSPS) is 12.5. The minimum Gasteiger partial charge on any atom is -0.393 e. The van der Waals surface area contributed by atoms with Crippen molar-refractivity contribution in [2.24, 2.45) is 0 Å². The number of para-hydroxylation sites is 1. The number of aromatic nitrogens is 4. The van der Waals surface area contributed by atoms with E-state index in [-0.39, 0.29) is 5.69 Å². The van der Waals surface area contributed by atoms with Crippen LogP contribution in [0.1, 0.15) is 18.2 Å². The summed E-state index contributed by atoms with van der Waals surface area (Å²) >= 11 is 0. The van der Waals surface area contributed by atoms with Gasteiger partial charge in [0.05, 0.1) is 35.7 Å². The molecule has 2 aromatic carbocycles. The van der Waals surface area contributed by atoms with Crippen LogP contribution in [0.4, 0.5) is 0 Å². The number of imidazole rings is 2. The molecule has 1 unspecified atom stereocenters. The Morgan fingerprint density at radius 2 is 1.92 bits per heavy atom. The smallest absolute Gasteiger partial charge is 0.323 e. The van der Waals surface area contributed by atoms with Crippen LogP contribution in [-0.2, 0) is 13.0 Å². The van der Waals surface area contributed by atoms with Crippen LogP contribution >= 0.6 is 0 Å². The summed E-state index contributed by atoms with van der Waals surface area (Å²) in [5.74, 6) is 0. The van der Waals surface area contributed by atoms with Gasteiger partial charge in [-0.25, -0.2) is 9.78 Å². The topological polar surface area (TPSA) is 86.7 Å². The Hall–Kier alpha value is -3.12. The Morgan fingerprint density at radius 1 is 1.12 bits per heavy atom. The van der Waals surface area contributed by atoms with E-state index in [0.29, 0.717) is 13.0 Å². The van der Waals surface area contributed by atoms with Gasteiger partial charge >= 0.3 is 5.69 Å². The number of aliphatic hydroxyl groups excluding tert-OH is 1. The number of benzene rings is 2. The first kappa shape index (κ1) is 16.4. The lowest BCUT2D eigenvalue weighted by Gasteiger charge is -2.12. The van der Waals surface area contributed by atoms with Crippen molar-refractivity contribution in [1.82, 2.24) is 19.5 Å². The summed E-state index contributed by atoms with van der Waals surface area (Å²) in [6.45, 7) is 2.34. The van der Waals surface area contributed by atoms with Gasteiger partial charge in [0.25, 0.3) is 0 Å². The maximum atomic E-state index is 11.6. The zero-order valence-electron chi connectivity index (χ0n) is 14.4. The number of nitrogens with one attached hydrogen (secondary N) is 2. The third kappa shape index (κ3) is 3.07. The van der Waals surface area contributed by atoms with Gasteiger partial charge in [0.2, 0.25) is 0 Å². The molecule has 3 N–H and O–H groups in total. The number of nitrogens with zero attached hydrogens (tertiary/aromatic N) is 2. The van der Waals surface area contributed by atoms with E-state index in [0.717, 1.165) is 33.5 Å². The largest absolute Gasteiger partial charge is 0.393 e. The molecule has 2 heterocycles. The van der Waals surface area contributed by atoms with Crippen molar-refractivity contribution in [3.8, 4) is 11.3 Å². The second-order valence-corrected chi connectivity index (χ2v) is 6.51. The maximum absolute atomic E-state index is 11.6. The molecule has 0 aliphatic carbocycles. The zero-order chi connectivity index (χ0) is 18.1. The molecule has 0 amide bonds. The number of hydrogen-bond acceptors (Lipinski definition) is 3. The highest BCUT2D eigenvalue weighted by molar-refractivity contribution is 5.78. The second-order valence-electron chi connectivity index (χ2n) is 6.51. The highest BCUT2D eigenvalue weighted by Crippen LogP contribution is 2.25. The molecule has 132 valence electrons. The Balaban J connectivity index is 1.78. The molecule has 2 aromatic heterocycles. The summed E-state index contributed by atoms with van der Waals surface area (Å²) < 4.78 is 2.04. The second kappa shape index (κ2) is 6.65. The lowest BCUT2D eigenvalue weighted by atomic mass is 10.1. The number of fused-ring (bicyclic) bond motifs is 1. The summed E-state index contributed by atoms with van der Waals surface area (Å²) in [6, 6.07) is 15.7. The highest BCUT2D eigenvalue weighted by atomic mass is 16.3. The van der Waals surface area contributed by atoms with Crippen LogP contribution in [0.25, 0.3) is 22.3 Å². The fourth-order valence-electron chi connectivity index (χ4n) is 3.31. The summed E-state index contributed by atoms with van der Waals surface area (Å²) in [7, 11) is 0. The quantitative estimate of drug-likeness (QED) is 0.518. The summed E-state index contributed by atoms with van der Waals surface area (Å²) in [5.41, 5.74) is 5.23. The van der Waals surface area contributed by atoms with Gasteiger partial charge in [0.15, 0.2) is 0 Å². The number of rotatable bonds is 5. The summed E-state index contributed by atoms with van der Waals surface area (Å²) in [4.78, 5) is 21.9. The first-order valence-electron chi connectivity index (χ1n) is 8.59. The van der Waals surface area contributed by atoms with E-state index in [1.54, 1.807) is 13.3 Å². The highest BCUT2D eigenvalue weighted by Gasteiger charge is 2.16. The number of aliphatic hydroxyl groups is 1. The van der Waals surface area contributed by atoms with Gasteiger partial charge < -0.3 is 19.6 Å².